The molecule has 0 aliphatic rings. The van der Waals surface area contributed by atoms with E-state index in [1.807, 2.05) is 0 Å². The fourth-order valence-corrected chi connectivity index (χ4v) is 1.71. The Hall–Kier alpha value is -1.64. The number of ether oxygens (including phenoxy) is 1. The summed E-state index contributed by atoms with van der Waals surface area (Å²) >= 11 is 0. The van der Waals surface area contributed by atoms with Gasteiger partial charge in [-0.3, -0.25) is 0 Å². The standard InChI is InChI=1S/C8H15N5O3S/c1-3-17(14,15)5-4-10-7-11-6(9)12-8(13-7)16-2/h3-5H2,1-2H3,(H3,9,10,11,12,13). The lowest BCUT2D eigenvalue weighted by Gasteiger charge is -2.06. The SMILES string of the molecule is CCS(=O)(=O)CCNc1nc(N)nc(OC)n1. The van der Waals surface area contributed by atoms with Crippen molar-refractivity contribution in [3.8, 4) is 6.01 Å². The lowest BCUT2D eigenvalue weighted by Crippen LogP contribution is -2.18. The summed E-state index contributed by atoms with van der Waals surface area (Å²) in [7, 11) is -1.61. The molecule has 1 aromatic heterocycles. The Labute approximate surface area is 99.5 Å². The van der Waals surface area contributed by atoms with Crippen LogP contribution >= 0.6 is 0 Å². The van der Waals surface area contributed by atoms with Gasteiger partial charge in [-0.1, -0.05) is 6.92 Å². The summed E-state index contributed by atoms with van der Waals surface area (Å²) in [6, 6.07) is 0.0818. The second kappa shape index (κ2) is 5.62. The average Bonchev–Trinajstić information content (AvgIpc) is 2.28. The van der Waals surface area contributed by atoms with Crippen LogP contribution in [0.3, 0.4) is 0 Å². The molecule has 0 saturated carbocycles. The van der Waals surface area contributed by atoms with E-state index in [9.17, 15) is 8.42 Å². The molecule has 0 aliphatic carbocycles. The van der Waals surface area contributed by atoms with Gasteiger partial charge in [0, 0.05) is 12.3 Å². The van der Waals surface area contributed by atoms with Gasteiger partial charge in [0.2, 0.25) is 11.9 Å². The van der Waals surface area contributed by atoms with Crippen molar-refractivity contribution in [1.82, 2.24) is 15.0 Å². The molecule has 0 unspecified atom stereocenters. The van der Waals surface area contributed by atoms with Gasteiger partial charge in [-0.05, 0) is 0 Å². The third kappa shape index (κ3) is 4.39. The van der Waals surface area contributed by atoms with Crippen LogP contribution in [-0.4, -0.2) is 48.5 Å². The summed E-state index contributed by atoms with van der Waals surface area (Å²) in [6.07, 6.45) is 0. The van der Waals surface area contributed by atoms with E-state index in [1.165, 1.54) is 7.11 Å². The molecule has 0 spiro atoms. The van der Waals surface area contributed by atoms with Gasteiger partial charge in [0.1, 0.15) is 0 Å². The number of sulfone groups is 1. The van der Waals surface area contributed by atoms with Crippen LogP contribution in [0, 0.1) is 0 Å². The van der Waals surface area contributed by atoms with Gasteiger partial charge in [0.05, 0.1) is 12.9 Å². The summed E-state index contributed by atoms with van der Waals surface area (Å²) in [5.74, 6) is 0.327. The molecule has 17 heavy (non-hydrogen) atoms. The fourth-order valence-electron chi connectivity index (χ4n) is 1.01. The molecule has 0 bridgehead atoms. The summed E-state index contributed by atoms with van der Waals surface area (Å²) in [6.45, 7) is 1.81. The van der Waals surface area contributed by atoms with Crippen molar-refractivity contribution >= 4 is 21.7 Å². The Kier molecular flexibility index (Phi) is 4.44. The van der Waals surface area contributed by atoms with Crippen LogP contribution in [0.2, 0.25) is 0 Å². The molecule has 8 nitrogen and oxygen atoms in total. The molecule has 9 heteroatoms. The van der Waals surface area contributed by atoms with Gasteiger partial charge in [0.25, 0.3) is 0 Å². The van der Waals surface area contributed by atoms with Crippen LogP contribution < -0.4 is 15.8 Å². The largest absolute Gasteiger partial charge is 0.467 e. The summed E-state index contributed by atoms with van der Waals surface area (Å²) in [4.78, 5) is 11.4. The van der Waals surface area contributed by atoms with Gasteiger partial charge >= 0.3 is 6.01 Å². The third-order valence-corrected chi connectivity index (χ3v) is 3.66. The Bertz CT molecular complexity index is 476. The van der Waals surface area contributed by atoms with Crippen molar-refractivity contribution in [2.45, 2.75) is 6.92 Å². The first-order valence-electron chi connectivity index (χ1n) is 4.96. The molecule has 1 aromatic rings. The quantitative estimate of drug-likeness (QED) is 0.690. The van der Waals surface area contributed by atoms with Gasteiger partial charge in [-0.15, -0.1) is 0 Å². The molecule has 3 N–H and O–H groups in total. The highest BCUT2D eigenvalue weighted by Gasteiger charge is 2.08. The minimum atomic E-state index is -3.01. The van der Waals surface area contributed by atoms with Crippen molar-refractivity contribution < 1.29 is 13.2 Å². The highest BCUT2D eigenvalue weighted by Crippen LogP contribution is 2.07. The molecule has 1 heterocycles. The molecule has 0 saturated heterocycles. The first-order chi connectivity index (χ1) is 7.96. The van der Waals surface area contributed by atoms with Crippen molar-refractivity contribution in [2.75, 3.05) is 36.2 Å². The lowest BCUT2D eigenvalue weighted by atomic mass is 10.7. The van der Waals surface area contributed by atoms with Crippen LogP contribution in [0.25, 0.3) is 0 Å². The molecule has 0 radical (unpaired) electrons. The number of hydrogen-bond donors (Lipinski definition) is 2. The predicted octanol–water partition coefficient (Wildman–Crippen LogP) is -0.691. The molecule has 0 amide bonds. The Morgan fingerprint density at radius 3 is 2.65 bits per heavy atom. The zero-order valence-corrected chi connectivity index (χ0v) is 10.5. The van der Waals surface area contributed by atoms with Crippen LogP contribution in [0.1, 0.15) is 6.92 Å². The minimum absolute atomic E-state index is 0.0113. The van der Waals surface area contributed by atoms with E-state index in [2.05, 4.69) is 20.3 Å². The zero-order valence-electron chi connectivity index (χ0n) is 9.67. The number of aromatic nitrogens is 3. The maximum Gasteiger partial charge on any atom is 0.322 e. The van der Waals surface area contributed by atoms with Gasteiger partial charge < -0.3 is 15.8 Å². The topological polar surface area (TPSA) is 120 Å². The monoisotopic (exact) mass is 261 g/mol. The molecule has 0 aromatic carbocycles. The normalized spacial score (nSPS) is 11.2. The van der Waals surface area contributed by atoms with Crippen molar-refractivity contribution in [1.29, 1.82) is 0 Å². The van der Waals surface area contributed by atoms with E-state index in [4.69, 9.17) is 10.5 Å². The number of rotatable bonds is 6. The molecule has 96 valence electrons. The van der Waals surface area contributed by atoms with Crippen LogP contribution in [0.4, 0.5) is 11.9 Å². The highest BCUT2D eigenvalue weighted by molar-refractivity contribution is 7.91. The van der Waals surface area contributed by atoms with Gasteiger partial charge in [0.15, 0.2) is 9.84 Å². The maximum absolute atomic E-state index is 11.2. The first kappa shape index (κ1) is 13.4. The zero-order chi connectivity index (χ0) is 12.9. The average molecular weight is 261 g/mol. The molecule has 0 atom stereocenters. The fraction of sp³-hybridized carbons (Fsp3) is 0.625. The van der Waals surface area contributed by atoms with Crippen molar-refractivity contribution in [3.63, 3.8) is 0 Å². The molecular formula is C8H15N5O3S. The van der Waals surface area contributed by atoms with Crippen molar-refractivity contribution in [2.24, 2.45) is 0 Å². The summed E-state index contributed by atoms with van der Waals surface area (Å²) in [5, 5.41) is 2.75. The number of nitrogens with two attached hydrogens (primary N) is 1. The van der Waals surface area contributed by atoms with Gasteiger partial charge in [-0.25, -0.2) is 8.42 Å². The summed E-state index contributed by atoms with van der Waals surface area (Å²) < 4.78 is 27.3. The second-order valence-electron chi connectivity index (χ2n) is 3.17. The maximum atomic E-state index is 11.2. The van der Waals surface area contributed by atoms with Crippen molar-refractivity contribution in [3.05, 3.63) is 0 Å². The van der Waals surface area contributed by atoms with Crippen LogP contribution in [-0.2, 0) is 9.84 Å². The van der Waals surface area contributed by atoms with E-state index in [0.717, 1.165) is 0 Å². The van der Waals surface area contributed by atoms with E-state index in [0.29, 0.717) is 0 Å². The van der Waals surface area contributed by atoms with E-state index in [1.54, 1.807) is 6.92 Å². The molecular weight excluding hydrogens is 246 g/mol. The van der Waals surface area contributed by atoms with Crippen LogP contribution in [0.15, 0.2) is 0 Å². The van der Waals surface area contributed by atoms with Gasteiger partial charge in [-0.2, -0.15) is 15.0 Å². The smallest absolute Gasteiger partial charge is 0.322 e. The molecule has 1 rings (SSSR count). The lowest BCUT2D eigenvalue weighted by molar-refractivity contribution is 0.380. The number of nitrogens with one attached hydrogen (secondary N) is 1. The first-order valence-corrected chi connectivity index (χ1v) is 6.79. The van der Waals surface area contributed by atoms with E-state index < -0.39 is 9.84 Å². The Balaban J connectivity index is 2.61. The predicted molar refractivity (Wildman–Crippen MR) is 63.6 cm³/mol. The highest BCUT2D eigenvalue weighted by atomic mass is 32.2. The number of nitrogen functional groups attached to an aromatic ring is 1. The Morgan fingerprint density at radius 1 is 1.35 bits per heavy atom. The third-order valence-electron chi connectivity index (χ3n) is 1.95. The number of anilines is 2. The molecule has 0 aliphatic heterocycles. The second-order valence-corrected chi connectivity index (χ2v) is 5.64. The number of nitrogens with zero attached hydrogens (tertiary/aromatic N) is 3. The Morgan fingerprint density at radius 2 is 2.06 bits per heavy atom. The number of methoxy groups -OCH3 is 1. The number of hydrogen-bond acceptors (Lipinski definition) is 8. The molecule has 0 fully saturated rings. The van der Waals surface area contributed by atoms with E-state index >= 15 is 0 Å². The summed E-state index contributed by atoms with van der Waals surface area (Å²) in [5.41, 5.74) is 5.42. The van der Waals surface area contributed by atoms with E-state index in [-0.39, 0.29) is 36.0 Å². The van der Waals surface area contributed by atoms with Crippen LogP contribution in [0.5, 0.6) is 6.01 Å². The minimum Gasteiger partial charge on any atom is -0.467 e.